The second-order valence-electron chi connectivity index (χ2n) is 4.29. The summed E-state index contributed by atoms with van der Waals surface area (Å²) in [5.74, 6) is -1.19. The number of carboxylic acids is 1. The summed E-state index contributed by atoms with van der Waals surface area (Å²) >= 11 is 3.18. The van der Waals surface area contributed by atoms with Gasteiger partial charge in [0.2, 0.25) is 0 Å². The highest BCUT2D eigenvalue weighted by molar-refractivity contribution is 9.10. The standard InChI is InChI=1S/C12H15BrN2O3/c1-7(2)9(5-11(16)17)15-12(18)8-3-4-10(13)14-6-8/h3-4,6-7,9H,5H2,1-2H3,(H,15,18)(H,16,17). The number of aromatic nitrogens is 1. The molecule has 1 aromatic rings. The molecule has 2 N–H and O–H groups in total. The van der Waals surface area contributed by atoms with Crippen LogP contribution >= 0.6 is 15.9 Å². The Morgan fingerprint density at radius 3 is 2.56 bits per heavy atom. The average Bonchev–Trinajstić information content (AvgIpc) is 2.28. The SMILES string of the molecule is CC(C)C(CC(=O)O)NC(=O)c1ccc(Br)nc1. The van der Waals surface area contributed by atoms with E-state index in [1.807, 2.05) is 13.8 Å². The predicted octanol–water partition coefficient (Wildman–Crippen LogP) is 2.07. The maximum absolute atomic E-state index is 11.9. The third-order valence-electron chi connectivity index (χ3n) is 2.51. The van der Waals surface area contributed by atoms with E-state index in [9.17, 15) is 9.59 Å². The van der Waals surface area contributed by atoms with Crippen molar-refractivity contribution >= 4 is 27.8 Å². The van der Waals surface area contributed by atoms with E-state index < -0.39 is 12.0 Å². The number of aliphatic carboxylic acids is 1. The Kier molecular flexibility index (Phi) is 5.27. The van der Waals surface area contributed by atoms with E-state index in [1.165, 1.54) is 6.20 Å². The predicted molar refractivity (Wildman–Crippen MR) is 70.3 cm³/mol. The summed E-state index contributed by atoms with van der Waals surface area (Å²) in [5.41, 5.74) is 0.411. The van der Waals surface area contributed by atoms with E-state index in [-0.39, 0.29) is 18.2 Å². The van der Waals surface area contributed by atoms with Gasteiger partial charge in [-0.05, 0) is 34.0 Å². The lowest BCUT2D eigenvalue weighted by Gasteiger charge is -2.20. The summed E-state index contributed by atoms with van der Waals surface area (Å²) < 4.78 is 0.644. The Morgan fingerprint density at radius 1 is 1.44 bits per heavy atom. The maximum Gasteiger partial charge on any atom is 0.305 e. The second kappa shape index (κ2) is 6.49. The fraction of sp³-hybridized carbons (Fsp3) is 0.417. The van der Waals surface area contributed by atoms with Gasteiger partial charge in [-0.3, -0.25) is 9.59 Å². The molecule has 1 heterocycles. The smallest absolute Gasteiger partial charge is 0.305 e. The Hall–Kier alpha value is -1.43. The van der Waals surface area contributed by atoms with Gasteiger partial charge >= 0.3 is 5.97 Å². The molecular weight excluding hydrogens is 300 g/mol. The molecule has 1 aromatic heterocycles. The molecule has 0 aliphatic heterocycles. The Bertz CT molecular complexity index is 431. The number of carbonyl (C=O) groups is 2. The summed E-state index contributed by atoms with van der Waals surface area (Å²) in [6.45, 7) is 3.74. The van der Waals surface area contributed by atoms with Crippen molar-refractivity contribution in [3.8, 4) is 0 Å². The lowest BCUT2D eigenvalue weighted by atomic mass is 10.0. The van der Waals surface area contributed by atoms with Crippen LogP contribution in [0.25, 0.3) is 0 Å². The molecule has 0 aliphatic carbocycles. The molecule has 1 unspecified atom stereocenters. The molecule has 98 valence electrons. The minimum absolute atomic E-state index is 0.0495. The van der Waals surface area contributed by atoms with Crippen LogP contribution in [0.3, 0.4) is 0 Å². The number of pyridine rings is 1. The summed E-state index contributed by atoms with van der Waals surface area (Å²) in [6.07, 6.45) is 1.35. The molecule has 5 nitrogen and oxygen atoms in total. The van der Waals surface area contributed by atoms with Crippen LogP contribution in [0.2, 0.25) is 0 Å². The third kappa shape index (κ3) is 4.44. The molecule has 0 saturated heterocycles. The van der Waals surface area contributed by atoms with Crippen molar-refractivity contribution in [2.24, 2.45) is 5.92 Å². The van der Waals surface area contributed by atoms with Gasteiger partial charge in [-0.25, -0.2) is 4.98 Å². The molecule has 0 aromatic carbocycles. The number of hydrogen-bond acceptors (Lipinski definition) is 3. The molecule has 0 fully saturated rings. The van der Waals surface area contributed by atoms with Crippen LogP contribution in [0.15, 0.2) is 22.9 Å². The molecule has 18 heavy (non-hydrogen) atoms. The van der Waals surface area contributed by atoms with Gasteiger partial charge in [-0.1, -0.05) is 13.8 Å². The van der Waals surface area contributed by atoms with E-state index in [1.54, 1.807) is 12.1 Å². The first kappa shape index (κ1) is 14.6. The van der Waals surface area contributed by atoms with E-state index in [0.717, 1.165) is 0 Å². The number of nitrogens with zero attached hydrogens (tertiary/aromatic N) is 1. The molecular formula is C12H15BrN2O3. The molecule has 1 atom stereocenters. The topological polar surface area (TPSA) is 79.3 Å². The lowest BCUT2D eigenvalue weighted by molar-refractivity contribution is -0.137. The largest absolute Gasteiger partial charge is 0.481 e. The van der Waals surface area contributed by atoms with Crippen molar-refractivity contribution in [2.45, 2.75) is 26.3 Å². The summed E-state index contributed by atoms with van der Waals surface area (Å²) in [6, 6.07) is 2.90. The molecule has 1 amide bonds. The van der Waals surface area contributed by atoms with E-state index in [0.29, 0.717) is 10.2 Å². The van der Waals surface area contributed by atoms with Gasteiger partial charge in [0.05, 0.1) is 12.0 Å². The molecule has 0 radical (unpaired) electrons. The van der Waals surface area contributed by atoms with Crippen LogP contribution in [0.1, 0.15) is 30.6 Å². The minimum Gasteiger partial charge on any atom is -0.481 e. The minimum atomic E-state index is -0.928. The highest BCUT2D eigenvalue weighted by Crippen LogP contribution is 2.10. The van der Waals surface area contributed by atoms with Crippen LogP contribution < -0.4 is 5.32 Å². The quantitative estimate of drug-likeness (QED) is 0.815. The highest BCUT2D eigenvalue weighted by Gasteiger charge is 2.20. The number of hydrogen-bond donors (Lipinski definition) is 2. The van der Waals surface area contributed by atoms with E-state index in [2.05, 4.69) is 26.2 Å². The lowest BCUT2D eigenvalue weighted by Crippen LogP contribution is -2.40. The first-order valence-corrected chi connectivity index (χ1v) is 6.33. The van der Waals surface area contributed by atoms with Gasteiger partial charge in [-0.2, -0.15) is 0 Å². The van der Waals surface area contributed by atoms with Crippen molar-refractivity contribution in [1.82, 2.24) is 10.3 Å². The first-order chi connectivity index (χ1) is 8.40. The Labute approximate surface area is 114 Å². The maximum atomic E-state index is 11.9. The molecule has 6 heteroatoms. The van der Waals surface area contributed by atoms with Gasteiger partial charge in [0.1, 0.15) is 4.60 Å². The van der Waals surface area contributed by atoms with Crippen molar-refractivity contribution in [3.05, 3.63) is 28.5 Å². The molecule has 0 bridgehead atoms. The zero-order valence-electron chi connectivity index (χ0n) is 10.2. The highest BCUT2D eigenvalue weighted by atomic mass is 79.9. The number of rotatable bonds is 5. The number of carbonyl (C=O) groups excluding carboxylic acids is 1. The van der Waals surface area contributed by atoms with Crippen LogP contribution in [0.5, 0.6) is 0 Å². The fourth-order valence-corrected chi connectivity index (χ4v) is 1.64. The molecule has 1 rings (SSSR count). The van der Waals surface area contributed by atoms with E-state index >= 15 is 0 Å². The zero-order chi connectivity index (χ0) is 13.7. The van der Waals surface area contributed by atoms with Crippen LogP contribution in [0.4, 0.5) is 0 Å². The Morgan fingerprint density at radius 2 is 2.11 bits per heavy atom. The monoisotopic (exact) mass is 314 g/mol. The van der Waals surface area contributed by atoms with Crippen LogP contribution in [-0.4, -0.2) is 28.0 Å². The van der Waals surface area contributed by atoms with Gasteiger partial charge in [0.15, 0.2) is 0 Å². The third-order valence-corrected chi connectivity index (χ3v) is 2.97. The van der Waals surface area contributed by atoms with Gasteiger partial charge in [0.25, 0.3) is 5.91 Å². The van der Waals surface area contributed by atoms with Crippen molar-refractivity contribution in [1.29, 1.82) is 0 Å². The summed E-state index contributed by atoms with van der Waals surface area (Å²) in [4.78, 5) is 26.6. The number of carboxylic acid groups (broad SMARTS) is 1. The van der Waals surface area contributed by atoms with Crippen LogP contribution in [-0.2, 0) is 4.79 Å². The van der Waals surface area contributed by atoms with Crippen molar-refractivity contribution < 1.29 is 14.7 Å². The molecule has 0 spiro atoms. The van der Waals surface area contributed by atoms with Crippen LogP contribution in [0, 0.1) is 5.92 Å². The van der Waals surface area contributed by atoms with E-state index in [4.69, 9.17) is 5.11 Å². The first-order valence-electron chi connectivity index (χ1n) is 5.54. The summed E-state index contributed by atoms with van der Waals surface area (Å²) in [5, 5.41) is 11.5. The average molecular weight is 315 g/mol. The van der Waals surface area contributed by atoms with Crippen molar-refractivity contribution in [2.75, 3.05) is 0 Å². The number of halogens is 1. The summed E-state index contributed by atoms with van der Waals surface area (Å²) in [7, 11) is 0. The molecule has 0 aliphatic rings. The van der Waals surface area contributed by atoms with Gasteiger partial charge in [-0.15, -0.1) is 0 Å². The van der Waals surface area contributed by atoms with Gasteiger partial charge < -0.3 is 10.4 Å². The fourth-order valence-electron chi connectivity index (χ4n) is 1.40. The van der Waals surface area contributed by atoms with Crippen molar-refractivity contribution in [3.63, 3.8) is 0 Å². The number of nitrogens with one attached hydrogen (secondary N) is 1. The normalized spacial score (nSPS) is 12.2. The Balaban J connectivity index is 2.72. The van der Waals surface area contributed by atoms with Gasteiger partial charge in [0, 0.05) is 12.2 Å². The second-order valence-corrected chi connectivity index (χ2v) is 5.10. The molecule has 0 saturated carbocycles. The zero-order valence-corrected chi connectivity index (χ0v) is 11.8. The number of amides is 1.